The van der Waals surface area contributed by atoms with Crippen LogP contribution in [-0.4, -0.2) is 10.2 Å². The lowest BCUT2D eigenvalue weighted by Gasteiger charge is -2.06. The van der Waals surface area contributed by atoms with Gasteiger partial charge in [0.15, 0.2) is 0 Å². The third-order valence-electron chi connectivity index (χ3n) is 4.27. The highest BCUT2D eigenvalue weighted by Crippen LogP contribution is 2.26. The molecule has 4 aromatic rings. The van der Waals surface area contributed by atoms with Crippen molar-refractivity contribution in [3.8, 4) is 11.1 Å². The molecule has 138 valence electrons. The van der Waals surface area contributed by atoms with Crippen LogP contribution in [-0.2, 0) is 6.42 Å². The van der Waals surface area contributed by atoms with E-state index in [-0.39, 0.29) is 0 Å². The highest BCUT2D eigenvalue weighted by molar-refractivity contribution is 9.10. The molecule has 0 N–H and O–H groups in total. The van der Waals surface area contributed by atoms with Gasteiger partial charge < -0.3 is 4.42 Å². The quantitative estimate of drug-likeness (QED) is 0.331. The Balaban J connectivity index is 1.53. The van der Waals surface area contributed by atoms with Crippen molar-refractivity contribution >= 4 is 39.7 Å². The highest BCUT2D eigenvalue weighted by atomic mass is 79.9. The number of hydrogen-bond acceptors (Lipinski definition) is 3. The third-order valence-corrected chi connectivity index (χ3v) is 5.05. The fraction of sp³-hybridized carbons (Fsp3) is 0.0435. The molecule has 0 radical (unpaired) electrons. The SMILES string of the molecule is Clc1ccc(-c2ccccc2C=Cc2nnc(Cc3ccc(Br)cc3)o2)cc1. The Labute approximate surface area is 176 Å². The molecule has 3 nitrogen and oxygen atoms in total. The number of benzene rings is 3. The minimum Gasteiger partial charge on any atom is -0.421 e. The predicted octanol–water partition coefficient (Wildman–Crippen LogP) is 6.91. The Morgan fingerprint density at radius 1 is 0.857 bits per heavy atom. The second-order valence-electron chi connectivity index (χ2n) is 6.26. The summed E-state index contributed by atoms with van der Waals surface area (Å²) in [6, 6.07) is 24.0. The van der Waals surface area contributed by atoms with E-state index in [2.05, 4.69) is 38.3 Å². The Morgan fingerprint density at radius 3 is 2.39 bits per heavy atom. The number of rotatable bonds is 5. The Kier molecular flexibility index (Phi) is 5.70. The van der Waals surface area contributed by atoms with E-state index in [0.29, 0.717) is 18.2 Å². The molecule has 0 saturated heterocycles. The van der Waals surface area contributed by atoms with E-state index in [0.717, 1.165) is 31.7 Å². The van der Waals surface area contributed by atoms with Crippen molar-refractivity contribution < 1.29 is 4.42 Å². The van der Waals surface area contributed by atoms with Crippen molar-refractivity contribution in [1.29, 1.82) is 0 Å². The molecule has 28 heavy (non-hydrogen) atoms. The van der Waals surface area contributed by atoms with E-state index in [1.165, 1.54) is 0 Å². The van der Waals surface area contributed by atoms with Crippen molar-refractivity contribution in [2.75, 3.05) is 0 Å². The topological polar surface area (TPSA) is 38.9 Å². The Bertz CT molecular complexity index is 1100. The molecule has 0 atom stereocenters. The molecule has 0 aliphatic heterocycles. The lowest BCUT2D eigenvalue weighted by atomic mass is 9.99. The monoisotopic (exact) mass is 450 g/mol. The first-order valence-electron chi connectivity index (χ1n) is 8.77. The summed E-state index contributed by atoms with van der Waals surface area (Å²) in [5.74, 6) is 1.07. The minimum absolute atomic E-state index is 0.484. The van der Waals surface area contributed by atoms with Crippen molar-refractivity contribution in [1.82, 2.24) is 10.2 Å². The van der Waals surface area contributed by atoms with Crippen LogP contribution in [0.1, 0.15) is 22.9 Å². The lowest BCUT2D eigenvalue weighted by Crippen LogP contribution is -1.87. The maximum absolute atomic E-state index is 6.00. The normalized spacial score (nSPS) is 11.2. The van der Waals surface area contributed by atoms with E-state index in [9.17, 15) is 0 Å². The molecular formula is C23H16BrClN2O. The molecule has 0 aliphatic carbocycles. The average molecular weight is 452 g/mol. The zero-order valence-electron chi connectivity index (χ0n) is 14.8. The molecule has 0 spiro atoms. The molecular weight excluding hydrogens is 436 g/mol. The molecule has 0 amide bonds. The fourth-order valence-electron chi connectivity index (χ4n) is 2.88. The van der Waals surface area contributed by atoms with E-state index < -0.39 is 0 Å². The first kappa shape index (κ1) is 18.7. The van der Waals surface area contributed by atoms with Crippen LogP contribution in [0.4, 0.5) is 0 Å². The van der Waals surface area contributed by atoms with Gasteiger partial charge in [0.2, 0.25) is 11.8 Å². The van der Waals surface area contributed by atoms with Gasteiger partial charge in [0.05, 0.1) is 6.42 Å². The van der Waals surface area contributed by atoms with Gasteiger partial charge in [-0.2, -0.15) is 0 Å². The van der Waals surface area contributed by atoms with E-state index in [1.54, 1.807) is 0 Å². The van der Waals surface area contributed by atoms with Crippen LogP contribution in [0.5, 0.6) is 0 Å². The molecule has 4 rings (SSSR count). The van der Waals surface area contributed by atoms with Gasteiger partial charge in [-0.3, -0.25) is 0 Å². The van der Waals surface area contributed by atoms with Gasteiger partial charge >= 0.3 is 0 Å². The summed E-state index contributed by atoms with van der Waals surface area (Å²) in [6.07, 6.45) is 4.43. The van der Waals surface area contributed by atoms with Crippen molar-refractivity contribution in [2.45, 2.75) is 6.42 Å². The molecule has 1 heterocycles. The summed E-state index contributed by atoms with van der Waals surface area (Å²) in [4.78, 5) is 0. The zero-order chi connectivity index (χ0) is 19.3. The molecule has 0 unspecified atom stereocenters. The summed E-state index contributed by atoms with van der Waals surface area (Å²) in [6.45, 7) is 0. The smallest absolute Gasteiger partial charge is 0.240 e. The molecule has 1 aromatic heterocycles. The second kappa shape index (κ2) is 8.55. The van der Waals surface area contributed by atoms with Crippen molar-refractivity contribution in [3.05, 3.63) is 105 Å². The van der Waals surface area contributed by atoms with Gasteiger partial charge in [0.1, 0.15) is 0 Å². The van der Waals surface area contributed by atoms with Gasteiger partial charge in [-0.05, 0) is 52.6 Å². The van der Waals surface area contributed by atoms with Crippen LogP contribution < -0.4 is 0 Å². The third kappa shape index (κ3) is 4.58. The van der Waals surface area contributed by atoms with Gasteiger partial charge in [-0.25, -0.2) is 0 Å². The van der Waals surface area contributed by atoms with Crippen molar-refractivity contribution in [2.24, 2.45) is 0 Å². The first-order valence-corrected chi connectivity index (χ1v) is 9.94. The van der Waals surface area contributed by atoms with Gasteiger partial charge in [-0.1, -0.05) is 76.1 Å². The second-order valence-corrected chi connectivity index (χ2v) is 7.62. The van der Waals surface area contributed by atoms with Gasteiger partial charge in [-0.15, -0.1) is 10.2 Å². The van der Waals surface area contributed by atoms with Gasteiger partial charge in [0, 0.05) is 15.6 Å². The fourth-order valence-corrected chi connectivity index (χ4v) is 3.27. The van der Waals surface area contributed by atoms with Crippen LogP contribution in [0.25, 0.3) is 23.3 Å². The largest absolute Gasteiger partial charge is 0.421 e. The summed E-state index contributed by atoms with van der Waals surface area (Å²) in [7, 11) is 0. The average Bonchev–Trinajstić information content (AvgIpc) is 3.16. The summed E-state index contributed by atoms with van der Waals surface area (Å²) >= 11 is 9.44. The van der Waals surface area contributed by atoms with Crippen LogP contribution in [0, 0.1) is 0 Å². The number of halogens is 2. The predicted molar refractivity (Wildman–Crippen MR) is 117 cm³/mol. The summed E-state index contributed by atoms with van der Waals surface area (Å²) < 4.78 is 6.81. The standard InChI is InChI=1S/C23H16BrClN2O/c24-19-10-5-16(6-11-19)15-23-27-26-22(28-23)14-9-17-3-1-2-4-21(17)18-7-12-20(25)13-8-18/h1-14H,15H2. The molecule has 0 fully saturated rings. The Morgan fingerprint density at radius 2 is 1.61 bits per heavy atom. The number of nitrogens with zero attached hydrogens (tertiary/aromatic N) is 2. The van der Waals surface area contributed by atoms with E-state index in [1.807, 2.05) is 72.8 Å². The number of aromatic nitrogens is 2. The summed E-state index contributed by atoms with van der Waals surface area (Å²) in [5, 5.41) is 8.99. The Hall–Kier alpha value is -2.69. The van der Waals surface area contributed by atoms with E-state index >= 15 is 0 Å². The highest BCUT2D eigenvalue weighted by Gasteiger charge is 2.06. The lowest BCUT2D eigenvalue weighted by molar-refractivity contribution is 0.496. The van der Waals surface area contributed by atoms with Crippen LogP contribution in [0.3, 0.4) is 0 Å². The first-order chi connectivity index (χ1) is 13.7. The molecule has 0 bridgehead atoms. The van der Waals surface area contributed by atoms with Crippen LogP contribution >= 0.6 is 27.5 Å². The van der Waals surface area contributed by atoms with Crippen LogP contribution in [0.15, 0.2) is 81.7 Å². The summed E-state index contributed by atoms with van der Waals surface area (Å²) in [5.41, 5.74) is 4.41. The maximum Gasteiger partial charge on any atom is 0.240 e. The number of hydrogen-bond donors (Lipinski definition) is 0. The molecule has 3 aromatic carbocycles. The molecule has 0 aliphatic rings. The minimum atomic E-state index is 0.484. The van der Waals surface area contributed by atoms with Gasteiger partial charge in [0.25, 0.3) is 0 Å². The van der Waals surface area contributed by atoms with Crippen molar-refractivity contribution in [3.63, 3.8) is 0 Å². The van der Waals surface area contributed by atoms with Crippen LogP contribution in [0.2, 0.25) is 5.02 Å². The van der Waals surface area contributed by atoms with E-state index in [4.69, 9.17) is 16.0 Å². The molecule has 0 saturated carbocycles. The zero-order valence-corrected chi connectivity index (χ0v) is 17.2. The molecule has 5 heteroatoms. The maximum atomic E-state index is 6.00.